The number of halogens is 2. The molecule has 0 radical (unpaired) electrons. The third-order valence-electron chi connectivity index (χ3n) is 7.93. The van der Waals surface area contributed by atoms with E-state index in [1.165, 1.54) is 19.2 Å². The molecule has 5 N–H and O–H groups in total. The summed E-state index contributed by atoms with van der Waals surface area (Å²) in [4.78, 5) is 26.4. The summed E-state index contributed by atoms with van der Waals surface area (Å²) in [5, 5.41) is 27.0. The van der Waals surface area contributed by atoms with Gasteiger partial charge in [0.15, 0.2) is 0 Å². The molecule has 1 amide bonds. The lowest BCUT2D eigenvalue weighted by Gasteiger charge is -2.38. The Balaban J connectivity index is 1.94. The van der Waals surface area contributed by atoms with Crippen molar-refractivity contribution >= 4 is 35.5 Å². The van der Waals surface area contributed by atoms with E-state index >= 15 is 0 Å². The second kappa shape index (κ2) is 16.1. The first kappa shape index (κ1) is 32.9. The molecule has 2 heterocycles. The number of hydrogen-bond acceptors (Lipinski definition) is 7. The molecule has 1 aromatic rings. The van der Waals surface area contributed by atoms with Crippen LogP contribution in [0.15, 0.2) is 29.6 Å². The van der Waals surface area contributed by atoms with Gasteiger partial charge in [0, 0.05) is 86.5 Å². The van der Waals surface area contributed by atoms with Gasteiger partial charge in [-0.05, 0) is 68.5 Å². The summed E-state index contributed by atoms with van der Waals surface area (Å²) < 4.78 is 28.6. The van der Waals surface area contributed by atoms with Gasteiger partial charge in [0.25, 0.3) is 6.43 Å². The summed E-state index contributed by atoms with van der Waals surface area (Å²) in [6.45, 7) is 6.55. The summed E-state index contributed by atoms with van der Waals surface area (Å²) in [5.41, 5.74) is 3.57. The third-order valence-corrected chi connectivity index (χ3v) is 7.93. The number of carbonyl (C=O) groups is 2. The van der Waals surface area contributed by atoms with Crippen molar-refractivity contribution < 1.29 is 18.4 Å². The van der Waals surface area contributed by atoms with Crippen molar-refractivity contribution in [3.8, 4) is 0 Å². The average Bonchev–Trinajstić information content (AvgIpc) is 2.99. The number of anilines is 1. The van der Waals surface area contributed by atoms with E-state index in [0.717, 1.165) is 62.5 Å². The second-order valence-corrected chi connectivity index (χ2v) is 10.8. The highest BCUT2D eigenvalue weighted by Crippen LogP contribution is 2.38. The fourth-order valence-corrected chi connectivity index (χ4v) is 5.57. The van der Waals surface area contributed by atoms with Crippen molar-refractivity contribution in [2.24, 2.45) is 0 Å². The minimum absolute atomic E-state index is 0.0647. The molecule has 0 spiro atoms. The SMILES string of the molecule is CCC(CCNCCCC=O)NC1=C(C(=N)N2CCCc3cc(/C(C=N)=C/NC)c(C(F)F)cc32)CN(C(C)=O)CC1. The normalized spacial score (nSPS) is 16.3. The van der Waals surface area contributed by atoms with E-state index in [4.69, 9.17) is 5.41 Å². The van der Waals surface area contributed by atoms with Crippen LogP contribution < -0.4 is 20.9 Å². The zero-order valence-corrected chi connectivity index (χ0v) is 25.0. The van der Waals surface area contributed by atoms with Crippen molar-refractivity contribution in [2.45, 2.75) is 71.3 Å². The van der Waals surface area contributed by atoms with Crippen molar-refractivity contribution in [1.82, 2.24) is 20.9 Å². The number of aryl methyl sites for hydroxylation is 1. The Bertz CT molecular complexity index is 1200. The highest BCUT2D eigenvalue weighted by Gasteiger charge is 2.31. The average molecular weight is 586 g/mol. The molecule has 1 unspecified atom stereocenters. The molecule has 0 saturated carbocycles. The van der Waals surface area contributed by atoms with Crippen LogP contribution in [-0.4, -0.2) is 75.0 Å². The maximum atomic E-state index is 14.3. The minimum Gasteiger partial charge on any atom is -0.393 e. The van der Waals surface area contributed by atoms with E-state index in [1.54, 1.807) is 22.9 Å². The summed E-state index contributed by atoms with van der Waals surface area (Å²) in [5.74, 6) is 0.155. The smallest absolute Gasteiger partial charge is 0.264 e. The number of nitrogens with zero attached hydrogens (tertiary/aromatic N) is 2. The van der Waals surface area contributed by atoms with Crippen LogP contribution in [-0.2, 0) is 16.0 Å². The van der Waals surface area contributed by atoms with Crippen LogP contribution in [0, 0.1) is 10.8 Å². The van der Waals surface area contributed by atoms with E-state index in [1.807, 2.05) is 0 Å². The Morgan fingerprint density at radius 2 is 1.98 bits per heavy atom. The standard InChI is InChI=1S/C31H45F2N7O2/c1-4-24(9-12-37-11-5-6-15-41)38-28-10-14-39(21(2)42)20-27(28)31(35)40-13-7-8-22-16-25(23(18-34)19-36-3)26(30(32)33)17-29(22)40/h15-19,24,30,34-38H,4-14,20H2,1-3H3/b23-19+,34-18?,35-31?. The predicted molar refractivity (Wildman–Crippen MR) is 165 cm³/mol. The van der Waals surface area contributed by atoms with Crippen LogP contribution in [0.25, 0.3) is 5.57 Å². The van der Waals surface area contributed by atoms with Crippen LogP contribution in [0.1, 0.15) is 75.5 Å². The topological polar surface area (TPSA) is 124 Å². The zero-order chi connectivity index (χ0) is 30.6. The van der Waals surface area contributed by atoms with E-state index in [-0.39, 0.29) is 29.9 Å². The zero-order valence-electron chi connectivity index (χ0n) is 25.0. The molecular weight excluding hydrogens is 540 g/mol. The van der Waals surface area contributed by atoms with Gasteiger partial charge in [-0.1, -0.05) is 6.92 Å². The van der Waals surface area contributed by atoms with Gasteiger partial charge < -0.3 is 36.0 Å². The largest absolute Gasteiger partial charge is 0.393 e. The molecule has 1 aromatic carbocycles. The Morgan fingerprint density at radius 3 is 2.62 bits per heavy atom. The van der Waals surface area contributed by atoms with Gasteiger partial charge in [0.05, 0.1) is 6.54 Å². The Hall–Kier alpha value is -3.60. The predicted octanol–water partition coefficient (Wildman–Crippen LogP) is 4.40. The number of amidine groups is 1. The monoisotopic (exact) mass is 585 g/mol. The third kappa shape index (κ3) is 8.24. The van der Waals surface area contributed by atoms with Gasteiger partial charge >= 0.3 is 0 Å². The van der Waals surface area contributed by atoms with Crippen LogP contribution >= 0.6 is 0 Å². The maximum Gasteiger partial charge on any atom is 0.264 e. The lowest BCUT2D eigenvalue weighted by atomic mass is 9.91. The number of amides is 1. The summed E-state index contributed by atoms with van der Waals surface area (Å²) in [6, 6.07) is 3.36. The molecule has 1 atom stereocenters. The Labute approximate surface area is 247 Å². The van der Waals surface area contributed by atoms with Gasteiger partial charge in [0.1, 0.15) is 12.1 Å². The molecule has 0 bridgehead atoms. The summed E-state index contributed by atoms with van der Waals surface area (Å²) >= 11 is 0. The second-order valence-electron chi connectivity index (χ2n) is 10.8. The maximum absolute atomic E-state index is 14.3. The highest BCUT2D eigenvalue weighted by atomic mass is 19.3. The molecule has 2 aliphatic heterocycles. The van der Waals surface area contributed by atoms with Crippen LogP contribution in [0.5, 0.6) is 0 Å². The van der Waals surface area contributed by atoms with Gasteiger partial charge in [0.2, 0.25) is 5.91 Å². The molecule has 9 nitrogen and oxygen atoms in total. The number of aldehydes is 1. The van der Waals surface area contributed by atoms with E-state index in [2.05, 4.69) is 22.9 Å². The molecule has 0 aromatic heterocycles. The van der Waals surface area contributed by atoms with E-state index < -0.39 is 6.43 Å². The van der Waals surface area contributed by atoms with Gasteiger partial charge in [-0.15, -0.1) is 0 Å². The lowest BCUT2D eigenvalue weighted by Crippen LogP contribution is -2.46. The van der Waals surface area contributed by atoms with Crippen molar-refractivity contribution in [2.75, 3.05) is 44.7 Å². The van der Waals surface area contributed by atoms with Gasteiger partial charge in [-0.3, -0.25) is 10.2 Å². The quantitative estimate of drug-likeness (QED) is 0.0900. The van der Waals surface area contributed by atoms with Crippen LogP contribution in [0.2, 0.25) is 0 Å². The molecule has 0 aliphatic carbocycles. The number of unbranched alkanes of at least 4 members (excludes halogenated alkanes) is 1. The van der Waals surface area contributed by atoms with E-state index in [0.29, 0.717) is 54.7 Å². The Morgan fingerprint density at radius 1 is 1.19 bits per heavy atom. The van der Waals surface area contributed by atoms with E-state index in [9.17, 15) is 23.8 Å². The number of benzene rings is 1. The molecule has 0 fully saturated rings. The fraction of sp³-hybridized carbons (Fsp3) is 0.548. The van der Waals surface area contributed by atoms with Gasteiger partial charge in [-0.2, -0.15) is 0 Å². The molecule has 0 saturated heterocycles. The van der Waals surface area contributed by atoms with Gasteiger partial charge in [-0.25, -0.2) is 8.78 Å². The summed E-state index contributed by atoms with van der Waals surface area (Å²) in [7, 11) is 1.66. The number of nitrogens with one attached hydrogen (secondary N) is 5. The van der Waals surface area contributed by atoms with Crippen LogP contribution in [0.3, 0.4) is 0 Å². The number of allylic oxidation sites excluding steroid dienone is 1. The summed E-state index contributed by atoms with van der Waals surface area (Å²) in [6.07, 6.45) is 5.89. The minimum atomic E-state index is -2.75. The number of carbonyl (C=O) groups excluding carboxylic acids is 2. The first-order valence-electron chi connectivity index (χ1n) is 14.8. The van der Waals surface area contributed by atoms with Crippen molar-refractivity contribution in [3.05, 3.63) is 46.3 Å². The first-order valence-corrected chi connectivity index (χ1v) is 14.8. The molecule has 11 heteroatoms. The molecular formula is C31H45F2N7O2. The number of fused-ring (bicyclic) bond motifs is 1. The molecule has 230 valence electrons. The molecule has 42 heavy (non-hydrogen) atoms. The molecule has 3 rings (SSSR count). The highest BCUT2D eigenvalue weighted by molar-refractivity contribution is 6.11. The fourth-order valence-electron chi connectivity index (χ4n) is 5.57. The first-order chi connectivity index (χ1) is 20.2. The molecule has 2 aliphatic rings. The van der Waals surface area contributed by atoms with Crippen LogP contribution in [0.4, 0.5) is 14.5 Å². The number of rotatable bonds is 15. The van der Waals surface area contributed by atoms with Crippen molar-refractivity contribution in [3.63, 3.8) is 0 Å². The number of alkyl halides is 2. The number of hydrogen-bond donors (Lipinski definition) is 5. The van der Waals surface area contributed by atoms with Crippen molar-refractivity contribution in [1.29, 1.82) is 10.8 Å². The Kier molecular flexibility index (Phi) is 12.7. The lowest BCUT2D eigenvalue weighted by molar-refractivity contribution is -0.128.